The number of amides is 2. The van der Waals surface area contributed by atoms with E-state index in [4.69, 9.17) is 4.74 Å². The molecule has 1 aromatic carbocycles. The lowest BCUT2D eigenvalue weighted by Gasteiger charge is -2.42. The van der Waals surface area contributed by atoms with Crippen molar-refractivity contribution < 1.29 is 9.53 Å². The number of piperazine rings is 1. The molecule has 7 heteroatoms. The number of hydrogen-bond acceptors (Lipinski definition) is 5. The summed E-state index contributed by atoms with van der Waals surface area (Å²) in [6, 6.07) is 13.6. The van der Waals surface area contributed by atoms with Crippen molar-refractivity contribution in [3.63, 3.8) is 0 Å². The second-order valence-electron chi connectivity index (χ2n) is 7.78. The first kappa shape index (κ1) is 19.7. The fourth-order valence-electron chi connectivity index (χ4n) is 3.98. The number of para-hydroxylation sites is 1. The summed E-state index contributed by atoms with van der Waals surface area (Å²) in [7, 11) is 2.18. The predicted octanol–water partition coefficient (Wildman–Crippen LogP) is 3.12. The molecule has 2 amide bonds. The molecule has 2 aromatic rings. The van der Waals surface area contributed by atoms with Gasteiger partial charge >= 0.3 is 6.03 Å². The normalized spacial score (nSPS) is 19.1. The Morgan fingerprint density at radius 1 is 1.00 bits per heavy atom. The number of carbonyl (C=O) groups excluding carboxylic acids is 1. The van der Waals surface area contributed by atoms with Crippen molar-refractivity contribution in [1.82, 2.24) is 19.7 Å². The van der Waals surface area contributed by atoms with Crippen LogP contribution in [-0.2, 0) is 0 Å². The van der Waals surface area contributed by atoms with Gasteiger partial charge in [0, 0.05) is 57.6 Å². The zero-order valence-corrected chi connectivity index (χ0v) is 17.0. The Bertz CT molecular complexity index is 800. The standard InChI is InChI=1S/C22H29N5O2/c1-25-13-15-26(16-14-25)18-8-11-27(12-9-18)22(28)24-21-17-20(7-10-23-21)29-19-5-3-2-4-6-19/h2-7,10,17-18H,8-9,11-16H2,1H3,(H,23,24,28). The quantitative estimate of drug-likeness (QED) is 0.862. The molecule has 0 bridgehead atoms. The van der Waals surface area contributed by atoms with Crippen LogP contribution in [-0.4, -0.2) is 78.1 Å². The highest BCUT2D eigenvalue weighted by Crippen LogP contribution is 2.23. The maximum absolute atomic E-state index is 12.7. The van der Waals surface area contributed by atoms with Gasteiger partial charge in [0.05, 0.1) is 0 Å². The highest BCUT2D eigenvalue weighted by Gasteiger charge is 2.28. The minimum absolute atomic E-state index is 0.0915. The molecule has 7 nitrogen and oxygen atoms in total. The van der Waals surface area contributed by atoms with Gasteiger partial charge in [0.25, 0.3) is 0 Å². The lowest BCUT2D eigenvalue weighted by molar-refractivity contribution is 0.0765. The van der Waals surface area contributed by atoms with Crippen molar-refractivity contribution in [2.75, 3.05) is 51.6 Å². The maximum Gasteiger partial charge on any atom is 0.323 e. The number of likely N-dealkylation sites (N-methyl/N-ethyl adjacent to an activating group) is 1. The van der Waals surface area contributed by atoms with Gasteiger partial charge in [-0.05, 0) is 38.1 Å². The first-order chi connectivity index (χ1) is 14.2. The molecule has 0 atom stereocenters. The zero-order chi connectivity index (χ0) is 20.1. The molecule has 2 aliphatic heterocycles. The van der Waals surface area contributed by atoms with E-state index in [9.17, 15) is 4.79 Å². The van der Waals surface area contributed by atoms with Gasteiger partial charge in [0.15, 0.2) is 0 Å². The van der Waals surface area contributed by atoms with Gasteiger partial charge < -0.3 is 14.5 Å². The number of anilines is 1. The predicted molar refractivity (Wildman–Crippen MR) is 113 cm³/mol. The summed E-state index contributed by atoms with van der Waals surface area (Å²) in [6.45, 7) is 6.09. The van der Waals surface area contributed by atoms with E-state index in [1.165, 1.54) is 0 Å². The second kappa shape index (κ2) is 9.24. The second-order valence-corrected chi connectivity index (χ2v) is 7.78. The van der Waals surface area contributed by atoms with Crippen LogP contribution in [0.4, 0.5) is 10.6 Å². The lowest BCUT2D eigenvalue weighted by Crippen LogP contribution is -2.53. The minimum Gasteiger partial charge on any atom is -0.457 e. The van der Waals surface area contributed by atoms with Crippen LogP contribution < -0.4 is 10.1 Å². The monoisotopic (exact) mass is 395 g/mol. The molecule has 0 spiro atoms. The van der Waals surface area contributed by atoms with Gasteiger partial charge in [-0.2, -0.15) is 0 Å². The summed E-state index contributed by atoms with van der Waals surface area (Å²) in [5.41, 5.74) is 0. The third-order valence-electron chi connectivity index (χ3n) is 5.75. The van der Waals surface area contributed by atoms with E-state index >= 15 is 0 Å². The van der Waals surface area contributed by atoms with E-state index in [1.807, 2.05) is 35.2 Å². The third-order valence-corrected chi connectivity index (χ3v) is 5.75. The van der Waals surface area contributed by atoms with Gasteiger partial charge in [-0.15, -0.1) is 0 Å². The number of benzene rings is 1. The van der Waals surface area contributed by atoms with Crippen molar-refractivity contribution in [2.45, 2.75) is 18.9 Å². The number of nitrogens with zero attached hydrogens (tertiary/aromatic N) is 4. The van der Waals surface area contributed by atoms with Crippen LogP contribution in [0, 0.1) is 0 Å². The molecule has 2 saturated heterocycles. The summed E-state index contributed by atoms with van der Waals surface area (Å²) >= 11 is 0. The average molecular weight is 396 g/mol. The van der Waals surface area contributed by atoms with E-state index in [0.717, 1.165) is 57.9 Å². The molecule has 0 unspecified atom stereocenters. The highest BCUT2D eigenvalue weighted by atomic mass is 16.5. The molecule has 4 rings (SSSR count). The Labute approximate surface area is 172 Å². The molecular weight excluding hydrogens is 366 g/mol. The number of ether oxygens (including phenoxy) is 1. The van der Waals surface area contributed by atoms with Crippen LogP contribution in [0.15, 0.2) is 48.7 Å². The van der Waals surface area contributed by atoms with Gasteiger partial charge in [0.1, 0.15) is 17.3 Å². The first-order valence-corrected chi connectivity index (χ1v) is 10.3. The number of piperidine rings is 1. The molecule has 1 aromatic heterocycles. The first-order valence-electron chi connectivity index (χ1n) is 10.3. The van der Waals surface area contributed by atoms with Crippen molar-refractivity contribution in [2.24, 2.45) is 0 Å². The van der Waals surface area contributed by atoms with Gasteiger partial charge in [-0.1, -0.05) is 18.2 Å². The fraction of sp³-hybridized carbons (Fsp3) is 0.455. The van der Waals surface area contributed by atoms with Crippen LogP contribution >= 0.6 is 0 Å². The molecule has 3 heterocycles. The van der Waals surface area contributed by atoms with E-state index in [0.29, 0.717) is 17.6 Å². The lowest BCUT2D eigenvalue weighted by atomic mass is 10.0. The smallest absolute Gasteiger partial charge is 0.323 e. The molecule has 154 valence electrons. The number of rotatable bonds is 4. The molecule has 2 fully saturated rings. The Kier molecular flexibility index (Phi) is 6.27. The number of aromatic nitrogens is 1. The van der Waals surface area contributed by atoms with Crippen molar-refractivity contribution in [3.05, 3.63) is 48.7 Å². The van der Waals surface area contributed by atoms with Crippen LogP contribution in [0.25, 0.3) is 0 Å². The SMILES string of the molecule is CN1CCN(C2CCN(C(=O)Nc3cc(Oc4ccccc4)ccn3)CC2)CC1. The third kappa shape index (κ3) is 5.25. The molecule has 29 heavy (non-hydrogen) atoms. The average Bonchev–Trinajstić information content (AvgIpc) is 2.75. The van der Waals surface area contributed by atoms with Crippen LogP contribution in [0.5, 0.6) is 11.5 Å². The largest absolute Gasteiger partial charge is 0.457 e. The van der Waals surface area contributed by atoms with Crippen molar-refractivity contribution in [1.29, 1.82) is 0 Å². The van der Waals surface area contributed by atoms with Crippen LogP contribution in [0.2, 0.25) is 0 Å². The molecule has 0 aliphatic carbocycles. The molecule has 1 N–H and O–H groups in total. The Hall–Kier alpha value is -2.64. The Morgan fingerprint density at radius 3 is 2.45 bits per heavy atom. The van der Waals surface area contributed by atoms with Crippen LogP contribution in [0.1, 0.15) is 12.8 Å². The summed E-state index contributed by atoms with van der Waals surface area (Å²) in [5, 5.41) is 2.91. The van der Waals surface area contributed by atoms with E-state index in [2.05, 4.69) is 27.1 Å². The van der Waals surface area contributed by atoms with Crippen molar-refractivity contribution >= 4 is 11.8 Å². The fourth-order valence-corrected chi connectivity index (χ4v) is 3.98. The van der Waals surface area contributed by atoms with E-state index < -0.39 is 0 Å². The maximum atomic E-state index is 12.7. The zero-order valence-electron chi connectivity index (χ0n) is 17.0. The number of pyridine rings is 1. The topological polar surface area (TPSA) is 60.9 Å². The molecular formula is C22H29N5O2. The number of nitrogens with one attached hydrogen (secondary N) is 1. The number of urea groups is 1. The summed E-state index contributed by atoms with van der Waals surface area (Å²) in [6.07, 6.45) is 3.71. The van der Waals surface area contributed by atoms with E-state index in [1.54, 1.807) is 18.3 Å². The molecule has 0 saturated carbocycles. The Morgan fingerprint density at radius 2 is 1.72 bits per heavy atom. The molecule has 2 aliphatic rings. The summed E-state index contributed by atoms with van der Waals surface area (Å²) in [4.78, 5) is 23.8. The summed E-state index contributed by atoms with van der Waals surface area (Å²) in [5.74, 6) is 1.90. The van der Waals surface area contributed by atoms with Crippen LogP contribution in [0.3, 0.4) is 0 Å². The van der Waals surface area contributed by atoms with Gasteiger partial charge in [0.2, 0.25) is 0 Å². The highest BCUT2D eigenvalue weighted by molar-refractivity contribution is 5.88. The number of carbonyl (C=O) groups is 1. The number of hydrogen-bond donors (Lipinski definition) is 1. The summed E-state index contributed by atoms with van der Waals surface area (Å²) < 4.78 is 5.82. The van der Waals surface area contributed by atoms with Crippen molar-refractivity contribution in [3.8, 4) is 11.5 Å². The number of likely N-dealkylation sites (tertiary alicyclic amines) is 1. The molecule has 0 radical (unpaired) electrons. The van der Waals surface area contributed by atoms with Gasteiger partial charge in [-0.25, -0.2) is 9.78 Å². The minimum atomic E-state index is -0.0915. The Balaban J connectivity index is 1.28. The van der Waals surface area contributed by atoms with E-state index in [-0.39, 0.29) is 6.03 Å². The van der Waals surface area contributed by atoms with Gasteiger partial charge in [-0.3, -0.25) is 10.2 Å².